The van der Waals surface area contributed by atoms with Gasteiger partial charge in [0.15, 0.2) is 17.1 Å². The van der Waals surface area contributed by atoms with Gasteiger partial charge in [-0.3, -0.25) is 0 Å². The maximum atomic E-state index is 5.52. The number of aryl methyl sites for hydroxylation is 1. The van der Waals surface area contributed by atoms with Crippen LogP contribution < -0.4 is 9.47 Å². The van der Waals surface area contributed by atoms with Crippen LogP contribution in [0.5, 0.6) is 11.5 Å². The van der Waals surface area contributed by atoms with Crippen LogP contribution in [0.4, 0.5) is 0 Å². The molecule has 0 atom stereocenters. The first kappa shape index (κ1) is 14.0. The zero-order chi connectivity index (χ0) is 16.8. The van der Waals surface area contributed by atoms with E-state index in [9.17, 15) is 0 Å². The molecule has 0 saturated carbocycles. The third kappa shape index (κ3) is 2.24. The van der Waals surface area contributed by atoms with Crippen LogP contribution >= 0.6 is 0 Å². The van der Waals surface area contributed by atoms with Crippen LogP contribution in [0.1, 0.15) is 11.3 Å². The molecule has 0 bridgehead atoms. The number of rotatable bonds is 3. The van der Waals surface area contributed by atoms with E-state index in [0.717, 1.165) is 39.8 Å². The van der Waals surface area contributed by atoms with E-state index in [1.165, 1.54) is 0 Å². The van der Waals surface area contributed by atoms with Crippen molar-refractivity contribution >= 4 is 5.65 Å². The van der Waals surface area contributed by atoms with Gasteiger partial charge in [-0.25, -0.2) is 14.5 Å². The summed E-state index contributed by atoms with van der Waals surface area (Å²) in [5, 5.41) is 4.30. The highest BCUT2D eigenvalue weighted by Crippen LogP contribution is 2.38. The minimum atomic E-state index is 0.265. The molecule has 3 aromatic heterocycles. The molecule has 7 nitrogen and oxygen atoms in total. The molecule has 1 aliphatic rings. The predicted octanol–water partition coefficient (Wildman–Crippen LogP) is 2.68. The Morgan fingerprint density at radius 2 is 2.00 bits per heavy atom. The van der Waals surface area contributed by atoms with Crippen molar-refractivity contribution in [2.24, 2.45) is 0 Å². The zero-order valence-corrected chi connectivity index (χ0v) is 13.6. The van der Waals surface area contributed by atoms with E-state index in [2.05, 4.69) is 26.6 Å². The Morgan fingerprint density at radius 1 is 1.12 bits per heavy atom. The lowest BCUT2D eigenvalue weighted by Gasteiger charge is -2.12. The highest BCUT2D eigenvalue weighted by atomic mass is 16.7. The second-order valence-electron chi connectivity index (χ2n) is 5.95. The zero-order valence-electron chi connectivity index (χ0n) is 13.6. The van der Waals surface area contributed by atoms with Gasteiger partial charge in [0.25, 0.3) is 0 Å². The molecule has 1 aromatic carbocycles. The first-order valence-electron chi connectivity index (χ1n) is 7.99. The van der Waals surface area contributed by atoms with E-state index in [-0.39, 0.29) is 6.79 Å². The van der Waals surface area contributed by atoms with Crippen molar-refractivity contribution < 1.29 is 9.47 Å². The average Bonchev–Trinajstić information content (AvgIpc) is 3.34. The Bertz CT molecular complexity index is 1080. The average molecular weight is 333 g/mol. The van der Waals surface area contributed by atoms with Crippen LogP contribution in [-0.4, -0.2) is 30.9 Å². The van der Waals surface area contributed by atoms with E-state index in [1.807, 2.05) is 41.0 Å². The molecule has 4 aromatic rings. The summed E-state index contributed by atoms with van der Waals surface area (Å²) in [5.74, 6) is 2.42. The normalized spacial score (nSPS) is 12.8. The van der Waals surface area contributed by atoms with Gasteiger partial charge in [-0.1, -0.05) is 6.07 Å². The molecule has 7 heteroatoms. The highest BCUT2D eigenvalue weighted by Gasteiger charge is 2.19. The van der Waals surface area contributed by atoms with Crippen LogP contribution in [0, 0.1) is 6.92 Å². The fourth-order valence-corrected chi connectivity index (χ4v) is 3.16. The molecule has 0 unspecified atom stereocenters. The van der Waals surface area contributed by atoms with Gasteiger partial charge in [-0.15, -0.1) is 0 Å². The Labute approximate surface area is 143 Å². The molecular weight excluding hydrogens is 318 g/mol. The molecule has 0 N–H and O–H groups in total. The molecule has 0 amide bonds. The molecule has 0 fully saturated rings. The minimum Gasteiger partial charge on any atom is -0.454 e. The first-order chi connectivity index (χ1) is 12.3. The fourth-order valence-electron chi connectivity index (χ4n) is 3.16. The smallest absolute Gasteiger partial charge is 0.231 e. The van der Waals surface area contributed by atoms with Gasteiger partial charge < -0.3 is 14.0 Å². The summed E-state index contributed by atoms with van der Waals surface area (Å²) in [6.07, 6.45) is 5.34. The molecule has 0 radical (unpaired) electrons. The summed E-state index contributed by atoms with van der Waals surface area (Å²) >= 11 is 0. The maximum absolute atomic E-state index is 5.52. The first-order valence-corrected chi connectivity index (χ1v) is 7.99. The SMILES string of the molecule is Cc1cc2c(cc1-c1nccn1Cc1cccc3ncnn13)OCO2. The third-order valence-corrected chi connectivity index (χ3v) is 4.39. The summed E-state index contributed by atoms with van der Waals surface area (Å²) in [6.45, 7) is 2.96. The molecule has 124 valence electrons. The van der Waals surface area contributed by atoms with Gasteiger partial charge in [-0.05, 0) is 36.8 Å². The number of imidazole rings is 1. The monoisotopic (exact) mass is 333 g/mol. The quantitative estimate of drug-likeness (QED) is 0.577. The summed E-state index contributed by atoms with van der Waals surface area (Å²) in [5.41, 5.74) is 3.99. The van der Waals surface area contributed by atoms with Crippen molar-refractivity contribution in [2.45, 2.75) is 13.5 Å². The number of benzene rings is 1. The summed E-state index contributed by atoms with van der Waals surface area (Å²) in [7, 11) is 0. The predicted molar refractivity (Wildman–Crippen MR) is 90.6 cm³/mol. The van der Waals surface area contributed by atoms with E-state index in [1.54, 1.807) is 12.5 Å². The van der Waals surface area contributed by atoms with Crippen molar-refractivity contribution in [1.82, 2.24) is 24.1 Å². The summed E-state index contributed by atoms with van der Waals surface area (Å²) in [6, 6.07) is 9.95. The lowest BCUT2D eigenvalue weighted by molar-refractivity contribution is 0.174. The van der Waals surface area contributed by atoms with Crippen LogP contribution in [0.3, 0.4) is 0 Å². The number of aromatic nitrogens is 5. The van der Waals surface area contributed by atoms with Crippen molar-refractivity contribution in [3.63, 3.8) is 0 Å². The Balaban J connectivity index is 1.58. The van der Waals surface area contributed by atoms with Crippen molar-refractivity contribution in [3.8, 4) is 22.9 Å². The summed E-state index contributed by atoms with van der Waals surface area (Å²) in [4.78, 5) is 8.80. The second kappa shape index (κ2) is 5.34. The van der Waals surface area contributed by atoms with E-state index >= 15 is 0 Å². The molecule has 4 heterocycles. The Hall–Kier alpha value is -3.35. The molecule has 25 heavy (non-hydrogen) atoms. The van der Waals surface area contributed by atoms with Crippen LogP contribution in [0.25, 0.3) is 17.0 Å². The van der Waals surface area contributed by atoms with Gasteiger partial charge in [0.1, 0.15) is 12.2 Å². The minimum absolute atomic E-state index is 0.265. The Kier molecular flexibility index (Phi) is 3.00. The van der Waals surface area contributed by atoms with Crippen LogP contribution in [-0.2, 0) is 6.54 Å². The standard InChI is InChI=1S/C18H15N5O2/c1-12-7-15-16(25-11-24-15)8-14(12)18-19-5-6-22(18)9-13-3-2-4-17-20-10-21-23(13)17/h2-8,10H,9,11H2,1H3. The molecular formula is C18H15N5O2. The lowest BCUT2D eigenvalue weighted by atomic mass is 10.1. The van der Waals surface area contributed by atoms with E-state index < -0.39 is 0 Å². The van der Waals surface area contributed by atoms with Gasteiger partial charge >= 0.3 is 0 Å². The topological polar surface area (TPSA) is 66.5 Å². The van der Waals surface area contributed by atoms with Gasteiger partial charge in [0.05, 0.1) is 12.2 Å². The number of hydrogen-bond acceptors (Lipinski definition) is 5. The highest BCUT2D eigenvalue weighted by molar-refractivity contribution is 5.66. The van der Waals surface area contributed by atoms with Crippen LogP contribution in [0.15, 0.2) is 49.1 Å². The molecule has 0 aliphatic carbocycles. The lowest BCUT2D eigenvalue weighted by Crippen LogP contribution is -2.07. The van der Waals surface area contributed by atoms with E-state index in [0.29, 0.717) is 6.54 Å². The number of fused-ring (bicyclic) bond motifs is 2. The van der Waals surface area contributed by atoms with Gasteiger partial charge in [-0.2, -0.15) is 5.10 Å². The van der Waals surface area contributed by atoms with Gasteiger partial charge in [0, 0.05) is 18.0 Å². The molecule has 0 saturated heterocycles. The maximum Gasteiger partial charge on any atom is 0.231 e. The largest absolute Gasteiger partial charge is 0.454 e. The second-order valence-corrected chi connectivity index (χ2v) is 5.95. The molecule has 1 aliphatic heterocycles. The van der Waals surface area contributed by atoms with Crippen molar-refractivity contribution in [2.75, 3.05) is 6.79 Å². The van der Waals surface area contributed by atoms with Gasteiger partial charge in [0.2, 0.25) is 6.79 Å². The number of nitrogens with zero attached hydrogens (tertiary/aromatic N) is 5. The molecule has 5 rings (SSSR count). The van der Waals surface area contributed by atoms with Crippen LogP contribution in [0.2, 0.25) is 0 Å². The van der Waals surface area contributed by atoms with Crippen molar-refractivity contribution in [3.05, 3.63) is 60.3 Å². The Morgan fingerprint density at radius 3 is 2.92 bits per heavy atom. The number of ether oxygens (including phenoxy) is 2. The van der Waals surface area contributed by atoms with E-state index in [4.69, 9.17) is 9.47 Å². The van der Waals surface area contributed by atoms with Crippen molar-refractivity contribution in [1.29, 1.82) is 0 Å². The summed E-state index contributed by atoms with van der Waals surface area (Å²) < 4.78 is 14.9. The number of pyridine rings is 1. The fraction of sp³-hybridized carbons (Fsp3) is 0.167. The third-order valence-electron chi connectivity index (χ3n) is 4.39. The molecule has 0 spiro atoms. The number of hydrogen-bond donors (Lipinski definition) is 0.